The Kier molecular flexibility index (Phi) is 5.68. The minimum atomic E-state index is -0.0283. The summed E-state index contributed by atoms with van der Waals surface area (Å²) in [5, 5.41) is 6.18. The van der Waals surface area contributed by atoms with Gasteiger partial charge in [-0.25, -0.2) is 0 Å². The zero-order chi connectivity index (χ0) is 21.1. The third-order valence-electron chi connectivity index (χ3n) is 5.56. The lowest BCUT2D eigenvalue weighted by Gasteiger charge is -2.18. The standard InChI is InChI=1S/C26H26N2O2/c1-18(22-10-6-8-20-7-4-5-9-23(20)22)27-16-19-11-13-25(30-3)24(15-19)21-12-14-26(29)28(2)17-21/h4-15,17-18,27H,16H2,1-3H3/t18-/m1/s1. The van der Waals surface area contributed by atoms with Gasteiger partial charge in [0.05, 0.1) is 7.11 Å². The zero-order valence-electron chi connectivity index (χ0n) is 17.6. The average Bonchev–Trinajstić information content (AvgIpc) is 2.78. The van der Waals surface area contributed by atoms with Gasteiger partial charge in [-0.3, -0.25) is 4.79 Å². The summed E-state index contributed by atoms with van der Waals surface area (Å²) in [6.07, 6.45) is 1.84. The van der Waals surface area contributed by atoms with Crippen LogP contribution in [0.25, 0.3) is 21.9 Å². The van der Waals surface area contributed by atoms with Gasteiger partial charge < -0.3 is 14.6 Å². The van der Waals surface area contributed by atoms with Gasteiger partial charge in [0.1, 0.15) is 5.75 Å². The van der Waals surface area contributed by atoms with Crippen molar-refractivity contribution in [1.82, 2.24) is 9.88 Å². The van der Waals surface area contributed by atoms with Gasteiger partial charge in [-0.15, -0.1) is 0 Å². The van der Waals surface area contributed by atoms with Crippen molar-refractivity contribution < 1.29 is 4.74 Å². The lowest BCUT2D eigenvalue weighted by atomic mass is 9.99. The van der Waals surface area contributed by atoms with Crippen LogP contribution in [0, 0.1) is 0 Å². The molecule has 0 aliphatic carbocycles. The Labute approximate surface area is 176 Å². The van der Waals surface area contributed by atoms with Crippen LogP contribution in [0.3, 0.4) is 0 Å². The summed E-state index contributed by atoms with van der Waals surface area (Å²) in [4.78, 5) is 11.8. The molecule has 0 saturated carbocycles. The van der Waals surface area contributed by atoms with Crippen molar-refractivity contribution in [2.45, 2.75) is 19.5 Å². The van der Waals surface area contributed by atoms with E-state index < -0.39 is 0 Å². The number of benzene rings is 3. The van der Waals surface area contributed by atoms with Crippen molar-refractivity contribution in [1.29, 1.82) is 0 Å². The molecular weight excluding hydrogens is 372 g/mol. The van der Waals surface area contributed by atoms with Crippen molar-refractivity contribution in [2.75, 3.05) is 7.11 Å². The first kappa shape index (κ1) is 19.9. The first-order valence-electron chi connectivity index (χ1n) is 10.1. The Balaban J connectivity index is 1.59. The number of methoxy groups -OCH3 is 1. The van der Waals surface area contributed by atoms with E-state index in [0.717, 1.165) is 29.0 Å². The van der Waals surface area contributed by atoms with Crippen LogP contribution in [0.2, 0.25) is 0 Å². The van der Waals surface area contributed by atoms with Crippen LogP contribution in [-0.4, -0.2) is 11.7 Å². The summed E-state index contributed by atoms with van der Waals surface area (Å²) in [6, 6.07) is 24.7. The van der Waals surface area contributed by atoms with E-state index >= 15 is 0 Å². The summed E-state index contributed by atoms with van der Waals surface area (Å²) in [6.45, 7) is 2.92. The molecule has 0 amide bonds. The molecule has 0 spiro atoms. The topological polar surface area (TPSA) is 43.3 Å². The summed E-state index contributed by atoms with van der Waals surface area (Å²) in [5.41, 5.74) is 4.36. The minimum absolute atomic E-state index is 0.0283. The van der Waals surface area contributed by atoms with E-state index in [0.29, 0.717) is 0 Å². The lowest BCUT2D eigenvalue weighted by molar-refractivity contribution is 0.416. The second-order valence-corrected chi connectivity index (χ2v) is 7.57. The molecule has 0 bridgehead atoms. The van der Waals surface area contributed by atoms with Crippen molar-refractivity contribution in [3.05, 3.63) is 100 Å². The first-order valence-corrected chi connectivity index (χ1v) is 10.1. The molecule has 152 valence electrons. The number of fused-ring (bicyclic) bond motifs is 1. The molecule has 4 rings (SSSR count). The maximum Gasteiger partial charge on any atom is 0.250 e. The van der Waals surface area contributed by atoms with Crippen LogP contribution in [0.15, 0.2) is 83.8 Å². The van der Waals surface area contributed by atoms with Gasteiger partial charge in [0.15, 0.2) is 0 Å². The van der Waals surface area contributed by atoms with Crippen LogP contribution in [0.5, 0.6) is 5.75 Å². The summed E-state index contributed by atoms with van der Waals surface area (Å²) < 4.78 is 7.15. The molecule has 1 N–H and O–H groups in total. The van der Waals surface area contributed by atoms with Crippen molar-refractivity contribution >= 4 is 10.8 Å². The van der Waals surface area contributed by atoms with E-state index in [1.807, 2.05) is 18.3 Å². The van der Waals surface area contributed by atoms with Gasteiger partial charge in [-0.05, 0) is 47.0 Å². The Bertz CT molecular complexity index is 1240. The Morgan fingerprint density at radius 3 is 2.60 bits per heavy atom. The van der Waals surface area contributed by atoms with E-state index in [-0.39, 0.29) is 11.6 Å². The van der Waals surface area contributed by atoms with Gasteiger partial charge in [0.2, 0.25) is 5.56 Å². The van der Waals surface area contributed by atoms with Crippen molar-refractivity contribution in [3.63, 3.8) is 0 Å². The predicted octanol–water partition coefficient (Wildman–Crippen LogP) is 5.06. The third-order valence-corrected chi connectivity index (χ3v) is 5.56. The Morgan fingerprint density at radius 1 is 1.00 bits per heavy atom. The molecule has 3 aromatic carbocycles. The second-order valence-electron chi connectivity index (χ2n) is 7.57. The average molecular weight is 399 g/mol. The molecule has 4 heteroatoms. The van der Waals surface area contributed by atoms with Gasteiger partial charge in [-0.1, -0.05) is 48.5 Å². The van der Waals surface area contributed by atoms with E-state index in [1.54, 1.807) is 24.8 Å². The first-order chi connectivity index (χ1) is 14.6. The van der Waals surface area contributed by atoms with Gasteiger partial charge >= 0.3 is 0 Å². The summed E-state index contributed by atoms with van der Waals surface area (Å²) >= 11 is 0. The van der Waals surface area contributed by atoms with Crippen molar-refractivity contribution in [2.24, 2.45) is 7.05 Å². The molecule has 0 aliphatic rings. The molecule has 0 aliphatic heterocycles. The van der Waals surface area contributed by atoms with Gasteiger partial charge in [0.25, 0.3) is 0 Å². The maximum absolute atomic E-state index is 11.8. The number of ether oxygens (including phenoxy) is 1. The van der Waals surface area contributed by atoms with E-state index in [4.69, 9.17) is 4.74 Å². The zero-order valence-corrected chi connectivity index (χ0v) is 17.6. The third kappa shape index (κ3) is 4.00. The quantitative estimate of drug-likeness (QED) is 0.493. The highest BCUT2D eigenvalue weighted by molar-refractivity contribution is 5.86. The fraction of sp³-hybridized carbons (Fsp3) is 0.192. The number of hydrogen-bond donors (Lipinski definition) is 1. The number of aryl methyl sites for hydroxylation is 1. The Hall–Kier alpha value is -3.37. The fourth-order valence-corrected chi connectivity index (χ4v) is 3.85. The molecule has 0 saturated heterocycles. The molecule has 30 heavy (non-hydrogen) atoms. The molecule has 0 unspecified atom stereocenters. The number of nitrogens with zero attached hydrogens (tertiary/aromatic N) is 1. The molecule has 4 nitrogen and oxygen atoms in total. The van der Waals surface area contributed by atoms with Crippen molar-refractivity contribution in [3.8, 4) is 16.9 Å². The predicted molar refractivity (Wildman–Crippen MR) is 123 cm³/mol. The molecule has 0 fully saturated rings. The lowest BCUT2D eigenvalue weighted by Crippen LogP contribution is -2.18. The van der Waals surface area contributed by atoms with Crippen LogP contribution >= 0.6 is 0 Å². The monoisotopic (exact) mass is 398 g/mol. The number of hydrogen-bond acceptors (Lipinski definition) is 3. The number of nitrogens with one attached hydrogen (secondary N) is 1. The van der Waals surface area contributed by atoms with E-state index in [1.165, 1.54) is 16.3 Å². The number of aromatic nitrogens is 1. The maximum atomic E-state index is 11.8. The minimum Gasteiger partial charge on any atom is -0.496 e. The molecule has 1 aromatic heterocycles. The van der Waals surface area contributed by atoms with Crippen LogP contribution in [0.4, 0.5) is 0 Å². The Morgan fingerprint density at radius 2 is 1.80 bits per heavy atom. The van der Waals surface area contributed by atoms with Crippen LogP contribution < -0.4 is 15.6 Å². The van der Waals surface area contributed by atoms with Gasteiger partial charge in [-0.2, -0.15) is 0 Å². The second kappa shape index (κ2) is 8.56. The molecule has 0 radical (unpaired) electrons. The number of pyridine rings is 1. The highest BCUT2D eigenvalue weighted by Gasteiger charge is 2.11. The summed E-state index contributed by atoms with van der Waals surface area (Å²) in [5.74, 6) is 0.791. The molecule has 4 aromatic rings. The van der Waals surface area contributed by atoms with Crippen LogP contribution in [0.1, 0.15) is 24.1 Å². The normalized spacial score (nSPS) is 12.1. The molecule has 1 atom stereocenters. The highest BCUT2D eigenvalue weighted by Crippen LogP contribution is 2.31. The highest BCUT2D eigenvalue weighted by atomic mass is 16.5. The van der Waals surface area contributed by atoms with Crippen LogP contribution in [-0.2, 0) is 13.6 Å². The largest absolute Gasteiger partial charge is 0.496 e. The fourth-order valence-electron chi connectivity index (χ4n) is 3.85. The number of rotatable bonds is 6. The smallest absolute Gasteiger partial charge is 0.250 e. The molecule has 1 heterocycles. The summed E-state index contributed by atoms with van der Waals surface area (Å²) in [7, 11) is 3.43. The van der Waals surface area contributed by atoms with E-state index in [9.17, 15) is 4.79 Å². The van der Waals surface area contributed by atoms with Gasteiger partial charge in [0, 0.05) is 43.0 Å². The SMILES string of the molecule is COc1ccc(CN[C@H](C)c2cccc3ccccc23)cc1-c1ccc(=O)n(C)c1. The molecular formula is C26H26N2O2. The van der Waals surface area contributed by atoms with E-state index in [2.05, 4.69) is 66.8 Å².